The van der Waals surface area contributed by atoms with Crippen LogP contribution in [0.3, 0.4) is 0 Å². The fourth-order valence-electron chi connectivity index (χ4n) is 3.14. The highest BCUT2D eigenvalue weighted by Crippen LogP contribution is 2.15. The monoisotopic (exact) mass is 327 g/mol. The molecule has 0 radical (unpaired) electrons. The molecule has 0 bridgehead atoms. The van der Waals surface area contributed by atoms with Crippen LogP contribution < -0.4 is 5.73 Å². The van der Waals surface area contributed by atoms with Crippen LogP contribution in [0.15, 0.2) is 103 Å². The molecule has 0 aliphatic rings. The van der Waals surface area contributed by atoms with Crippen molar-refractivity contribution in [1.82, 2.24) is 0 Å². The molecule has 1 unspecified atom stereocenters. The Labute approximate surface area is 150 Å². The first-order chi connectivity index (χ1) is 12.3. The molecule has 3 aromatic rings. The van der Waals surface area contributed by atoms with Gasteiger partial charge in [-0.05, 0) is 36.0 Å². The predicted molar refractivity (Wildman–Crippen MR) is 106 cm³/mol. The lowest BCUT2D eigenvalue weighted by Crippen LogP contribution is -2.21. The summed E-state index contributed by atoms with van der Waals surface area (Å²) in [6, 6.07) is 31.7. The van der Waals surface area contributed by atoms with Crippen LogP contribution in [0.1, 0.15) is 16.7 Å². The van der Waals surface area contributed by atoms with E-state index in [-0.39, 0.29) is 6.04 Å². The van der Waals surface area contributed by atoms with Gasteiger partial charge in [0, 0.05) is 6.04 Å². The van der Waals surface area contributed by atoms with E-state index in [0.29, 0.717) is 0 Å². The van der Waals surface area contributed by atoms with Gasteiger partial charge in [0.2, 0.25) is 0 Å². The topological polar surface area (TPSA) is 26.0 Å². The summed E-state index contributed by atoms with van der Waals surface area (Å²) < 4.78 is 0. The van der Waals surface area contributed by atoms with Crippen molar-refractivity contribution in [3.05, 3.63) is 119 Å². The predicted octanol–water partition coefficient (Wildman–Crippen LogP) is 4.97. The molecule has 1 atom stereocenters. The summed E-state index contributed by atoms with van der Waals surface area (Å²) in [4.78, 5) is 0. The first-order valence-electron chi connectivity index (χ1n) is 8.86. The molecule has 0 spiro atoms. The largest absolute Gasteiger partial charge is 0.324 e. The van der Waals surface area contributed by atoms with Gasteiger partial charge >= 0.3 is 0 Å². The summed E-state index contributed by atoms with van der Waals surface area (Å²) >= 11 is 0. The van der Waals surface area contributed by atoms with Crippen LogP contribution in [0, 0.1) is 0 Å². The van der Waals surface area contributed by atoms with Crippen LogP contribution in [0.25, 0.3) is 0 Å². The summed E-state index contributed by atoms with van der Waals surface area (Å²) in [7, 11) is 0. The van der Waals surface area contributed by atoms with Gasteiger partial charge < -0.3 is 5.73 Å². The van der Waals surface area contributed by atoms with Gasteiger partial charge in [0.25, 0.3) is 0 Å². The van der Waals surface area contributed by atoms with Crippen molar-refractivity contribution in [1.29, 1.82) is 0 Å². The van der Waals surface area contributed by atoms with Gasteiger partial charge in [-0.2, -0.15) is 0 Å². The average molecular weight is 327 g/mol. The Bertz CT molecular complexity index is 733. The van der Waals surface area contributed by atoms with Crippen molar-refractivity contribution in [3.63, 3.8) is 0 Å². The number of allylic oxidation sites excluding steroid dienone is 1. The maximum Gasteiger partial charge on any atom is 0.0267 e. The van der Waals surface area contributed by atoms with Crippen molar-refractivity contribution in [2.75, 3.05) is 0 Å². The molecule has 0 aromatic heterocycles. The van der Waals surface area contributed by atoms with Crippen molar-refractivity contribution in [2.45, 2.75) is 25.3 Å². The minimum Gasteiger partial charge on any atom is -0.324 e. The first-order valence-corrected chi connectivity index (χ1v) is 8.86. The number of hydrogen-bond donors (Lipinski definition) is 1. The summed E-state index contributed by atoms with van der Waals surface area (Å²) in [6.45, 7) is 0. The lowest BCUT2D eigenvalue weighted by atomic mass is 9.95. The molecule has 0 amide bonds. The molecule has 126 valence electrons. The quantitative estimate of drug-likeness (QED) is 0.609. The van der Waals surface area contributed by atoms with E-state index < -0.39 is 0 Å². The minimum atomic E-state index is 0.0322. The van der Waals surface area contributed by atoms with Crippen LogP contribution in [-0.4, -0.2) is 6.04 Å². The maximum atomic E-state index is 6.44. The van der Waals surface area contributed by atoms with Crippen LogP contribution >= 0.6 is 0 Å². The van der Waals surface area contributed by atoms with Gasteiger partial charge in [-0.15, -0.1) is 0 Å². The minimum absolute atomic E-state index is 0.0322. The second-order valence-electron chi connectivity index (χ2n) is 6.50. The van der Waals surface area contributed by atoms with Crippen molar-refractivity contribution < 1.29 is 0 Å². The van der Waals surface area contributed by atoms with Crippen molar-refractivity contribution in [3.8, 4) is 0 Å². The second kappa shape index (κ2) is 9.00. The molecule has 0 saturated heterocycles. The van der Waals surface area contributed by atoms with Gasteiger partial charge in [0.15, 0.2) is 0 Å². The van der Waals surface area contributed by atoms with E-state index in [1.165, 1.54) is 22.3 Å². The molecule has 0 heterocycles. The number of rotatable bonds is 7. The van der Waals surface area contributed by atoms with Gasteiger partial charge in [-0.3, -0.25) is 0 Å². The lowest BCUT2D eigenvalue weighted by molar-refractivity contribution is 0.793. The van der Waals surface area contributed by atoms with Crippen LogP contribution in [-0.2, 0) is 19.3 Å². The fourth-order valence-corrected chi connectivity index (χ4v) is 3.14. The maximum absolute atomic E-state index is 6.44. The summed E-state index contributed by atoms with van der Waals surface area (Å²) in [6.07, 6.45) is 5.01. The van der Waals surface area contributed by atoms with Crippen LogP contribution in [0.2, 0.25) is 0 Å². The van der Waals surface area contributed by atoms with E-state index in [1.54, 1.807) is 0 Å². The van der Waals surface area contributed by atoms with E-state index in [9.17, 15) is 0 Å². The normalized spacial score (nSPS) is 11.7. The summed E-state index contributed by atoms with van der Waals surface area (Å²) in [5.41, 5.74) is 11.8. The molecule has 1 nitrogen and oxygen atoms in total. The zero-order valence-corrected chi connectivity index (χ0v) is 14.5. The number of nitrogens with two attached hydrogens (primary N) is 1. The second-order valence-corrected chi connectivity index (χ2v) is 6.50. The van der Waals surface area contributed by atoms with Gasteiger partial charge in [0.05, 0.1) is 0 Å². The van der Waals surface area contributed by atoms with Gasteiger partial charge in [-0.1, -0.05) is 103 Å². The van der Waals surface area contributed by atoms with Crippen molar-refractivity contribution in [2.24, 2.45) is 5.73 Å². The zero-order chi connectivity index (χ0) is 17.3. The molecule has 0 aliphatic carbocycles. The Morgan fingerprint density at radius 2 is 1.04 bits per heavy atom. The highest BCUT2D eigenvalue weighted by molar-refractivity contribution is 5.29. The third kappa shape index (κ3) is 5.74. The van der Waals surface area contributed by atoms with Gasteiger partial charge in [-0.25, -0.2) is 0 Å². The summed E-state index contributed by atoms with van der Waals surface area (Å²) in [5, 5.41) is 0. The molecular formula is C24H25N. The van der Waals surface area contributed by atoms with E-state index in [4.69, 9.17) is 5.73 Å². The Kier molecular flexibility index (Phi) is 6.19. The standard InChI is InChI=1S/C24H25N/c25-24(18-22-14-8-3-9-15-22)19-23(16-20-10-4-1-5-11-20)17-21-12-6-2-7-13-21/h1-15,19,24H,16-18,25H2. The number of hydrogen-bond acceptors (Lipinski definition) is 1. The fraction of sp³-hybridized carbons (Fsp3) is 0.167. The SMILES string of the molecule is NC(C=C(Cc1ccccc1)Cc1ccccc1)Cc1ccccc1. The van der Waals surface area contributed by atoms with E-state index in [0.717, 1.165) is 19.3 Å². The molecule has 3 aromatic carbocycles. The Balaban J connectivity index is 1.76. The van der Waals surface area contributed by atoms with Gasteiger partial charge in [0.1, 0.15) is 0 Å². The Morgan fingerprint density at radius 1 is 0.640 bits per heavy atom. The molecule has 0 saturated carbocycles. The molecule has 1 heteroatoms. The van der Waals surface area contributed by atoms with E-state index in [2.05, 4.69) is 91.0 Å². The Morgan fingerprint density at radius 3 is 1.48 bits per heavy atom. The first kappa shape index (κ1) is 17.2. The third-order valence-corrected chi connectivity index (χ3v) is 4.31. The zero-order valence-electron chi connectivity index (χ0n) is 14.5. The molecule has 3 rings (SSSR count). The average Bonchev–Trinajstić information content (AvgIpc) is 2.64. The van der Waals surface area contributed by atoms with Crippen molar-refractivity contribution >= 4 is 0 Å². The molecular weight excluding hydrogens is 302 g/mol. The highest BCUT2D eigenvalue weighted by Gasteiger charge is 2.06. The molecule has 25 heavy (non-hydrogen) atoms. The lowest BCUT2D eigenvalue weighted by Gasteiger charge is -2.13. The molecule has 2 N–H and O–H groups in total. The molecule has 0 aliphatic heterocycles. The van der Waals surface area contributed by atoms with E-state index >= 15 is 0 Å². The molecule has 0 fully saturated rings. The van der Waals surface area contributed by atoms with Crippen LogP contribution in [0.4, 0.5) is 0 Å². The van der Waals surface area contributed by atoms with Crippen LogP contribution in [0.5, 0.6) is 0 Å². The smallest absolute Gasteiger partial charge is 0.0267 e. The van der Waals surface area contributed by atoms with E-state index in [1.807, 2.05) is 6.07 Å². The number of benzene rings is 3. The third-order valence-electron chi connectivity index (χ3n) is 4.31. The highest BCUT2D eigenvalue weighted by atomic mass is 14.6. The Hall–Kier alpha value is -2.64. The summed E-state index contributed by atoms with van der Waals surface area (Å²) in [5.74, 6) is 0.